The van der Waals surface area contributed by atoms with Crippen molar-refractivity contribution in [1.82, 2.24) is 14.5 Å². The van der Waals surface area contributed by atoms with Gasteiger partial charge in [-0.15, -0.1) is 0 Å². The number of aryl methyl sites for hydroxylation is 2. The summed E-state index contributed by atoms with van der Waals surface area (Å²) in [5.74, 6) is -0.0562. The monoisotopic (exact) mass is 384 g/mol. The van der Waals surface area contributed by atoms with Crippen LogP contribution in [-0.2, 0) is 27.9 Å². The first-order valence-corrected chi connectivity index (χ1v) is 9.45. The number of anilines is 1. The molecule has 1 amide bonds. The van der Waals surface area contributed by atoms with Crippen LogP contribution in [0.4, 0.5) is 5.69 Å². The number of sulfonamides is 1. The normalized spacial score (nSPS) is 14.0. The van der Waals surface area contributed by atoms with Gasteiger partial charge in [0.1, 0.15) is 10.6 Å². The lowest BCUT2D eigenvalue weighted by molar-refractivity contribution is -0.118. The molecule has 1 aliphatic heterocycles. The number of amides is 1. The van der Waals surface area contributed by atoms with E-state index in [1.54, 1.807) is 4.68 Å². The molecule has 0 saturated heterocycles. The van der Waals surface area contributed by atoms with Gasteiger partial charge in [0.15, 0.2) is 6.61 Å². The van der Waals surface area contributed by atoms with Crippen LogP contribution in [0.15, 0.2) is 23.1 Å². The summed E-state index contributed by atoms with van der Waals surface area (Å²) >= 11 is 6.09. The molecule has 8 nitrogen and oxygen atoms in total. The van der Waals surface area contributed by atoms with Crippen molar-refractivity contribution in [2.24, 2.45) is 0 Å². The highest BCUT2D eigenvalue weighted by molar-refractivity contribution is 7.89. The molecule has 1 aromatic heterocycles. The van der Waals surface area contributed by atoms with Gasteiger partial charge >= 0.3 is 0 Å². The SMILES string of the molecule is CCn1nc(C)cc1CNS(=O)(=O)c1cc2c(cc1Cl)NC(=O)CO2. The van der Waals surface area contributed by atoms with E-state index in [4.69, 9.17) is 16.3 Å². The Kier molecular flexibility index (Phi) is 4.72. The van der Waals surface area contributed by atoms with E-state index in [1.807, 2.05) is 19.9 Å². The first kappa shape index (κ1) is 17.7. The van der Waals surface area contributed by atoms with Crippen LogP contribution in [0.1, 0.15) is 18.3 Å². The summed E-state index contributed by atoms with van der Waals surface area (Å²) in [4.78, 5) is 11.2. The van der Waals surface area contributed by atoms with Crippen LogP contribution in [0.3, 0.4) is 0 Å². The van der Waals surface area contributed by atoms with Gasteiger partial charge in [0.25, 0.3) is 5.91 Å². The van der Waals surface area contributed by atoms with Gasteiger partial charge in [0.05, 0.1) is 28.6 Å². The Labute approximate surface area is 150 Å². The molecule has 10 heteroatoms. The van der Waals surface area contributed by atoms with Crippen molar-refractivity contribution in [2.45, 2.75) is 31.8 Å². The molecule has 1 aliphatic rings. The molecule has 0 atom stereocenters. The van der Waals surface area contributed by atoms with Gasteiger partial charge in [-0.05, 0) is 26.0 Å². The summed E-state index contributed by atoms with van der Waals surface area (Å²) < 4.78 is 34.7. The van der Waals surface area contributed by atoms with Gasteiger partial charge in [-0.3, -0.25) is 9.48 Å². The van der Waals surface area contributed by atoms with Crippen LogP contribution in [0, 0.1) is 6.92 Å². The number of fused-ring (bicyclic) bond motifs is 1. The lowest BCUT2D eigenvalue weighted by Crippen LogP contribution is -2.27. The predicted octanol–water partition coefficient (Wildman–Crippen LogP) is 1.67. The fourth-order valence-corrected chi connectivity index (χ4v) is 4.09. The average molecular weight is 385 g/mol. The standard InChI is InChI=1S/C15H17ClN4O4S/c1-3-20-10(4-9(2)19-20)7-17-25(22,23)14-6-13-12(5-11(14)16)18-15(21)8-24-13/h4-6,17H,3,7-8H2,1-2H3,(H,18,21). The molecule has 2 N–H and O–H groups in total. The van der Waals surface area contributed by atoms with E-state index < -0.39 is 10.0 Å². The number of ether oxygens (including phenoxy) is 1. The number of rotatable bonds is 5. The van der Waals surface area contributed by atoms with Crippen molar-refractivity contribution < 1.29 is 17.9 Å². The average Bonchev–Trinajstić information content (AvgIpc) is 2.92. The fraction of sp³-hybridized carbons (Fsp3) is 0.333. The largest absolute Gasteiger partial charge is 0.482 e. The Morgan fingerprint density at radius 2 is 2.16 bits per heavy atom. The van der Waals surface area contributed by atoms with Gasteiger partial charge in [0, 0.05) is 12.6 Å². The Morgan fingerprint density at radius 1 is 1.40 bits per heavy atom. The summed E-state index contributed by atoms with van der Waals surface area (Å²) in [7, 11) is -3.87. The van der Waals surface area contributed by atoms with Crippen molar-refractivity contribution in [2.75, 3.05) is 11.9 Å². The van der Waals surface area contributed by atoms with Crippen molar-refractivity contribution in [3.8, 4) is 5.75 Å². The molecule has 0 unspecified atom stereocenters. The third-order valence-electron chi connectivity index (χ3n) is 3.68. The second-order valence-corrected chi connectivity index (χ2v) is 7.68. The van der Waals surface area contributed by atoms with E-state index in [1.165, 1.54) is 12.1 Å². The molecule has 0 aliphatic carbocycles. The van der Waals surface area contributed by atoms with Crippen LogP contribution in [-0.4, -0.2) is 30.7 Å². The van der Waals surface area contributed by atoms with Crippen LogP contribution >= 0.6 is 11.6 Å². The summed E-state index contributed by atoms with van der Waals surface area (Å²) in [6, 6.07) is 4.49. The number of hydrogen-bond donors (Lipinski definition) is 2. The third-order valence-corrected chi connectivity index (χ3v) is 5.55. The van der Waals surface area contributed by atoms with E-state index in [-0.39, 0.29) is 34.7 Å². The summed E-state index contributed by atoms with van der Waals surface area (Å²) in [6.07, 6.45) is 0. The maximum atomic E-state index is 12.6. The smallest absolute Gasteiger partial charge is 0.262 e. The first-order chi connectivity index (χ1) is 11.8. The number of benzene rings is 1. The van der Waals surface area contributed by atoms with Gasteiger partial charge < -0.3 is 10.1 Å². The molecule has 2 heterocycles. The zero-order chi connectivity index (χ0) is 18.2. The van der Waals surface area contributed by atoms with Gasteiger partial charge in [0.2, 0.25) is 10.0 Å². The van der Waals surface area contributed by atoms with E-state index >= 15 is 0 Å². The molecule has 1 aromatic carbocycles. The Balaban J connectivity index is 1.86. The molecule has 0 bridgehead atoms. The lowest BCUT2D eigenvalue weighted by Gasteiger charge is -2.19. The number of aromatic nitrogens is 2. The molecule has 25 heavy (non-hydrogen) atoms. The molecule has 0 radical (unpaired) electrons. The molecule has 0 saturated carbocycles. The van der Waals surface area contributed by atoms with Crippen molar-refractivity contribution in [3.63, 3.8) is 0 Å². The van der Waals surface area contributed by atoms with Crippen LogP contribution < -0.4 is 14.8 Å². The van der Waals surface area contributed by atoms with E-state index in [2.05, 4.69) is 15.1 Å². The summed E-state index contributed by atoms with van der Waals surface area (Å²) in [5.41, 5.74) is 1.91. The van der Waals surface area contributed by atoms with Gasteiger partial charge in [-0.2, -0.15) is 5.10 Å². The predicted molar refractivity (Wildman–Crippen MR) is 92.2 cm³/mol. The second-order valence-electron chi connectivity index (χ2n) is 5.53. The van der Waals surface area contributed by atoms with Crippen molar-refractivity contribution >= 4 is 33.2 Å². The zero-order valence-corrected chi connectivity index (χ0v) is 15.2. The van der Waals surface area contributed by atoms with Crippen LogP contribution in [0.5, 0.6) is 5.75 Å². The molecule has 3 rings (SSSR count). The topological polar surface area (TPSA) is 102 Å². The molecular weight excluding hydrogens is 368 g/mol. The van der Waals surface area contributed by atoms with E-state index in [0.29, 0.717) is 12.2 Å². The summed E-state index contributed by atoms with van der Waals surface area (Å²) in [6.45, 7) is 4.32. The lowest BCUT2D eigenvalue weighted by atomic mass is 10.2. The molecular formula is C15H17ClN4O4S. The quantitative estimate of drug-likeness (QED) is 0.816. The minimum atomic E-state index is -3.87. The van der Waals surface area contributed by atoms with Gasteiger partial charge in [-0.1, -0.05) is 11.6 Å². The zero-order valence-electron chi connectivity index (χ0n) is 13.7. The number of nitrogens with one attached hydrogen (secondary N) is 2. The Morgan fingerprint density at radius 3 is 2.88 bits per heavy atom. The number of hydrogen-bond acceptors (Lipinski definition) is 5. The second kappa shape index (κ2) is 6.66. The highest BCUT2D eigenvalue weighted by Gasteiger charge is 2.24. The highest BCUT2D eigenvalue weighted by atomic mass is 35.5. The fourth-order valence-electron chi connectivity index (χ4n) is 2.55. The van der Waals surface area contributed by atoms with Crippen LogP contribution in [0.2, 0.25) is 5.02 Å². The minimum absolute atomic E-state index is 0.00257. The van der Waals surface area contributed by atoms with Crippen molar-refractivity contribution in [3.05, 3.63) is 34.6 Å². The highest BCUT2D eigenvalue weighted by Crippen LogP contribution is 2.35. The Bertz CT molecular complexity index is 939. The first-order valence-electron chi connectivity index (χ1n) is 7.59. The molecule has 2 aromatic rings. The maximum Gasteiger partial charge on any atom is 0.262 e. The summed E-state index contributed by atoms with van der Waals surface area (Å²) in [5, 5.41) is 6.86. The van der Waals surface area contributed by atoms with Crippen molar-refractivity contribution in [1.29, 1.82) is 0 Å². The number of halogens is 1. The number of carbonyl (C=O) groups excluding carboxylic acids is 1. The molecule has 0 spiro atoms. The number of carbonyl (C=O) groups is 1. The minimum Gasteiger partial charge on any atom is -0.482 e. The molecule has 134 valence electrons. The van der Waals surface area contributed by atoms with Gasteiger partial charge in [-0.25, -0.2) is 13.1 Å². The third kappa shape index (κ3) is 3.63. The molecule has 0 fully saturated rings. The Hall–Kier alpha value is -2.10. The maximum absolute atomic E-state index is 12.6. The van der Waals surface area contributed by atoms with E-state index in [9.17, 15) is 13.2 Å². The van der Waals surface area contributed by atoms with E-state index in [0.717, 1.165) is 11.4 Å². The number of nitrogens with zero attached hydrogens (tertiary/aromatic N) is 2. The van der Waals surface area contributed by atoms with Crippen LogP contribution in [0.25, 0.3) is 0 Å².